The van der Waals surface area contributed by atoms with Crippen LogP contribution in [0.2, 0.25) is 0 Å². The summed E-state index contributed by atoms with van der Waals surface area (Å²) in [6.07, 6.45) is 0. The number of carbonyl (C=O) groups is 1. The predicted octanol–water partition coefficient (Wildman–Crippen LogP) is 1.73. The molecule has 0 fully saturated rings. The third-order valence-corrected chi connectivity index (χ3v) is 2.69. The predicted molar refractivity (Wildman–Crippen MR) is 65.0 cm³/mol. The average Bonchev–Trinajstić information content (AvgIpc) is 2.29. The van der Waals surface area contributed by atoms with E-state index < -0.39 is 4.92 Å². The Balaban J connectivity index is 2.84. The molecule has 1 N–H and O–H groups in total. The van der Waals surface area contributed by atoms with E-state index in [9.17, 15) is 14.9 Å². The first kappa shape index (κ1) is 13.6. The summed E-state index contributed by atoms with van der Waals surface area (Å²) in [4.78, 5) is 21.7. The quantitative estimate of drug-likeness (QED) is 0.510. The van der Waals surface area contributed by atoms with Crippen LogP contribution in [0.25, 0.3) is 0 Å². The van der Waals surface area contributed by atoms with Gasteiger partial charge in [0.25, 0.3) is 11.6 Å². The molecule has 1 aromatic rings. The van der Waals surface area contributed by atoms with Gasteiger partial charge in [-0.1, -0.05) is 0 Å². The van der Waals surface area contributed by atoms with Gasteiger partial charge in [0.05, 0.1) is 17.1 Å². The number of non-ortho nitro benzene ring substituents is 1. The summed E-state index contributed by atoms with van der Waals surface area (Å²) in [7, 11) is 1.52. The summed E-state index contributed by atoms with van der Waals surface area (Å²) in [6, 6.07) is 4.03. The van der Waals surface area contributed by atoms with Gasteiger partial charge in [-0.15, -0.1) is 0 Å². The second kappa shape index (κ2) is 6.31. The molecule has 0 aliphatic rings. The van der Waals surface area contributed by atoms with E-state index in [1.807, 2.05) is 0 Å². The number of methoxy groups -OCH3 is 1. The normalized spacial score (nSPS) is 10.0. The molecule has 0 radical (unpaired) electrons. The summed E-state index contributed by atoms with van der Waals surface area (Å²) in [5.41, 5.74) is 0.111. The molecule has 0 aromatic heterocycles. The molecule has 17 heavy (non-hydrogen) atoms. The first-order chi connectivity index (χ1) is 8.06. The summed E-state index contributed by atoms with van der Waals surface area (Å²) < 4.78 is 5.30. The molecule has 0 spiro atoms. The molecule has 0 aliphatic carbocycles. The van der Waals surface area contributed by atoms with Crippen LogP contribution in [0.15, 0.2) is 22.7 Å². The average molecular weight is 303 g/mol. The highest BCUT2D eigenvalue weighted by molar-refractivity contribution is 9.10. The van der Waals surface area contributed by atoms with Crippen LogP contribution >= 0.6 is 15.9 Å². The van der Waals surface area contributed by atoms with Crippen LogP contribution in [0, 0.1) is 10.1 Å². The Labute approximate surface area is 106 Å². The van der Waals surface area contributed by atoms with E-state index in [2.05, 4.69) is 21.2 Å². The fourth-order valence-corrected chi connectivity index (χ4v) is 1.59. The van der Waals surface area contributed by atoms with Gasteiger partial charge in [-0.2, -0.15) is 0 Å². The first-order valence-electron chi connectivity index (χ1n) is 4.77. The van der Waals surface area contributed by atoms with Crippen LogP contribution in [-0.4, -0.2) is 31.1 Å². The molecule has 92 valence electrons. The second-order valence-electron chi connectivity index (χ2n) is 3.17. The van der Waals surface area contributed by atoms with Gasteiger partial charge in [0.1, 0.15) is 0 Å². The van der Waals surface area contributed by atoms with E-state index >= 15 is 0 Å². The van der Waals surface area contributed by atoms with Crippen molar-refractivity contribution >= 4 is 27.5 Å². The van der Waals surface area contributed by atoms with Crippen LogP contribution < -0.4 is 5.32 Å². The van der Waals surface area contributed by atoms with Crippen molar-refractivity contribution in [3.63, 3.8) is 0 Å². The topological polar surface area (TPSA) is 81.5 Å². The summed E-state index contributed by atoms with van der Waals surface area (Å²) in [5, 5.41) is 13.2. The van der Waals surface area contributed by atoms with Crippen molar-refractivity contribution < 1.29 is 14.5 Å². The molecule has 0 aliphatic heterocycles. The van der Waals surface area contributed by atoms with Gasteiger partial charge in [0.2, 0.25) is 0 Å². The van der Waals surface area contributed by atoms with Crippen LogP contribution in [-0.2, 0) is 4.74 Å². The molecule has 0 heterocycles. The fourth-order valence-electron chi connectivity index (χ4n) is 1.16. The Hall–Kier alpha value is -1.47. The Morgan fingerprint density at radius 2 is 2.29 bits per heavy atom. The zero-order valence-corrected chi connectivity index (χ0v) is 10.7. The molecule has 7 heteroatoms. The minimum atomic E-state index is -0.543. The number of halogens is 1. The SMILES string of the molecule is COCCNC(=O)c1cc([N+](=O)[O-])ccc1Br. The van der Waals surface area contributed by atoms with Gasteiger partial charge >= 0.3 is 0 Å². The van der Waals surface area contributed by atoms with Gasteiger partial charge in [-0.3, -0.25) is 14.9 Å². The van der Waals surface area contributed by atoms with Gasteiger partial charge in [-0.05, 0) is 22.0 Å². The van der Waals surface area contributed by atoms with Crippen molar-refractivity contribution in [3.05, 3.63) is 38.3 Å². The smallest absolute Gasteiger partial charge is 0.270 e. The van der Waals surface area contributed by atoms with Crippen LogP contribution in [0.3, 0.4) is 0 Å². The van der Waals surface area contributed by atoms with Gasteiger partial charge in [0.15, 0.2) is 0 Å². The summed E-state index contributed by atoms with van der Waals surface area (Å²) in [6.45, 7) is 0.739. The van der Waals surface area contributed by atoms with Crippen molar-refractivity contribution in [1.29, 1.82) is 0 Å². The highest BCUT2D eigenvalue weighted by Crippen LogP contribution is 2.22. The van der Waals surface area contributed by atoms with E-state index in [-0.39, 0.29) is 17.2 Å². The number of nitro benzene ring substituents is 1. The van der Waals surface area contributed by atoms with Crippen LogP contribution in [0.4, 0.5) is 5.69 Å². The Morgan fingerprint density at radius 1 is 1.59 bits per heavy atom. The molecule has 0 saturated heterocycles. The van der Waals surface area contributed by atoms with E-state index in [0.717, 1.165) is 0 Å². The molecule has 6 nitrogen and oxygen atoms in total. The number of nitro groups is 1. The number of benzene rings is 1. The fraction of sp³-hybridized carbons (Fsp3) is 0.300. The van der Waals surface area contributed by atoms with Crippen molar-refractivity contribution in [1.82, 2.24) is 5.32 Å². The molecule has 1 amide bonds. The standard InChI is InChI=1S/C10H11BrN2O4/c1-17-5-4-12-10(14)8-6-7(13(15)16)2-3-9(8)11/h2-3,6H,4-5H2,1H3,(H,12,14). The van der Waals surface area contributed by atoms with Crippen LogP contribution in [0.1, 0.15) is 10.4 Å². The molecule has 0 saturated carbocycles. The Bertz CT molecular complexity index is 436. The third kappa shape index (κ3) is 3.79. The molecular formula is C10H11BrN2O4. The van der Waals surface area contributed by atoms with E-state index in [4.69, 9.17) is 4.74 Å². The second-order valence-corrected chi connectivity index (χ2v) is 4.02. The monoisotopic (exact) mass is 302 g/mol. The van der Waals surface area contributed by atoms with E-state index in [1.165, 1.54) is 25.3 Å². The Morgan fingerprint density at radius 3 is 2.88 bits per heavy atom. The lowest BCUT2D eigenvalue weighted by molar-refractivity contribution is -0.384. The lowest BCUT2D eigenvalue weighted by Crippen LogP contribution is -2.27. The molecule has 1 rings (SSSR count). The first-order valence-corrected chi connectivity index (χ1v) is 5.56. The Kier molecular flexibility index (Phi) is 5.05. The maximum atomic E-state index is 11.7. The number of hydrogen-bond donors (Lipinski definition) is 1. The largest absolute Gasteiger partial charge is 0.383 e. The number of nitrogens with zero attached hydrogens (tertiary/aromatic N) is 1. The molecule has 0 unspecified atom stereocenters. The van der Waals surface area contributed by atoms with Crippen molar-refractivity contribution in [3.8, 4) is 0 Å². The minimum absolute atomic E-state index is 0.120. The lowest BCUT2D eigenvalue weighted by Gasteiger charge is -2.06. The van der Waals surface area contributed by atoms with Gasteiger partial charge < -0.3 is 10.1 Å². The molecule has 0 atom stereocenters. The van der Waals surface area contributed by atoms with Crippen molar-refractivity contribution in [2.75, 3.05) is 20.3 Å². The van der Waals surface area contributed by atoms with Gasteiger partial charge in [-0.25, -0.2) is 0 Å². The molecule has 0 bridgehead atoms. The molecule has 1 aromatic carbocycles. The lowest BCUT2D eigenvalue weighted by atomic mass is 10.2. The number of carbonyl (C=O) groups excluding carboxylic acids is 1. The van der Waals surface area contributed by atoms with E-state index in [0.29, 0.717) is 17.6 Å². The van der Waals surface area contributed by atoms with Crippen LogP contribution in [0.5, 0.6) is 0 Å². The zero-order valence-electron chi connectivity index (χ0n) is 9.10. The number of ether oxygens (including phenoxy) is 1. The van der Waals surface area contributed by atoms with Crippen molar-refractivity contribution in [2.45, 2.75) is 0 Å². The maximum absolute atomic E-state index is 11.7. The zero-order chi connectivity index (χ0) is 12.8. The summed E-state index contributed by atoms with van der Waals surface area (Å²) >= 11 is 3.17. The number of nitrogens with one attached hydrogen (secondary N) is 1. The van der Waals surface area contributed by atoms with Gasteiger partial charge in [0, 0.05) is 30.3 Å². The van der Waals surface area contributed by atoms with E-state index in [1.54, 1.807) is 0 Å². The number of amides is 1. The third-order valence-electron chi connectivity index (χ3n) is 2.00. The summed E-state index contributed by atoms with van der Waals surface area (Å²) in [5.74, 6) is -0.377. The minimum Gasteiger partial charge on any atom is -0.383 e. The highest BCUT2D eigenvalue weighted by Gasteiger charge is 2.14. The number of hydrogen-bond acceptors (Lipinski definition) is 4. The number of rotatable bonds is 5. The molecular weight excluding hydrogens is 292 g/mol. The highest BCUT2D eigenvalue weighted by atomic mass is 79.9. The maximum Gasteiger partial charge on any atom is 0.270 e. The van der Waals surface area contributed by atoms with Crippen molar-refractivity contribution in [2.24, 2.45) is 0 Å².